The Morgan fingerprint density at radius 3 is 2.68 bits per heavy atom. The summed E-state index contributed by atoms with van der Waals surface area (Å²) in [6, 6.07) is 6.98. The molecule has 1 aromatic carbocycles. The minimum atomic E-state index is -0.0158. The maximum Gasteiger partial charge on any atom is 0.318 e. The Morgan fingerprint density at radius 2 is 1.97 bits per heavy atom. The van der Waals surface area contributed by atoms with Crippen molar-refractivity contribution in [1.82, 2.24) is 19.8 Å². The third-order valence-electron chi connectivity index (χ3n) is 7.95. The van der Waals surface area contributed by atoms with Crippen LogP contribution < -0.4 is 14.5 Å². The Morgan fingerprint density at radius 1 is 1.16 bits per heavy atom. The first-order valence-corrected chi connectivity index (χ1v) is 13.8. The molecular formula is C28H37ClN6O2. The number of halogens is 1. The fourth-order valence-electron chi connectivity index (χ4n) is 5.74. The molecular weight excluding hydrogens is 488 g/mol. The quantitative estimate of drug-likeness (QED) is 0.513. The van der Waals surface area contributed by atoms with E-state index in [1.54, 1.807) is 0 Å². The lowest BCUT2D eigenvalue weighted by molar-refractivity contribution is -0.126. The minimum Gasteiger partial charge on any atom is -0.462 e. The van der Waals surface area contributed by atoms with Crippen molar-refractivity contribution in [3.05, 3.63) is 52.7 Å². The van der Waals surface area contributed by atoms with Crippen LogP contribution >= 0.6 is 11.6 Å². The highest BCUT2D eigenvalue weighted by Gasteiger charge is 2.30. The SMILES string of the molecule is C=CC(=O)N1CCN(c2nc(OC[C@@H]3CCCN3C)nc3c2CCN(c2cccc(Cl)c2CC)C3)CC1. The molecule has 1 aromatic heterocycles. The summed E-state index contributed by atoms with van der Waals surface area (Å²) in [5, 5.41) is 0.811. The zero-order chi connectivity index (χ0) is 25.9. The molecule has 37 heavy (non-hydrogen) atoms. The third kappa shape index (κ3) is 5.41. The minimum absolute atomic E-state index is 0.0158. The molecule has 5 rings (SSSR count). The van der Waals surface area contributed by atoms with Crippen LogP contribution in [0.2, 0.25) is 5.02 Å². The van der Waals surface area contributed by atoms with E-state index in [1.807, 2.05) is 17.0 Å². The Kier molecular flexibility index (Phi) is 7.86. The molecule has 3 aliphatic rings. The number of likely N-dealkylation sites (N-methyl/N-ethyl adjacent to an activating group) is 1. The summed E-state index contributed by atoms with van der Waals surface area (Å²) in [5.74, 6) is 0.935. The Bertz CT molecular complexity index is 1150. The monoisotopic (exact) mass is 524 g/mol. The maximum atomic E-state index is 12.1. The maximum absolute atomic E-state index is 12.1. The molecule has 1 atom stereocenters. The predicted octanol–water partition coefficient (Wildman–Crippen LogP) is 3.56. The second-order valence-electron chi connectivity index (χ2n) is 10.1. The summed E-state index contributed by atoms with van der Waals surface area (Å²) in [7, 11) is 2.15. The van der Waals surface area contributed by atoms with E-state index >= 15 is 0 Å². The van der Waals surface area contributed by atoms with Gasteiger partial charge in [-0.15, -0.1) is 0 Å². The van der Waals surface area contributed by atoms with E-state index in [0.29, 0.717) is 38.3 Å². The molecule has 1 amide bonds. The van der Waals surface area contributed by atoms with Crippen molar-refractivity contribution in [3.8, 4) is 6.01 Å². The zero-order valence-corrected chi connectivity index (χ0v) is 22.7. The van der Waals surface area contributed by atoms with Crippen LogP contribution in [0.1, 0.15) is 36.6 Å². The lowest BCUT2D eigenvalue weighted by Gasteiger charge is -2.38. The van der Waals surface area contributed by atoms with Gasteiger partial charge in [0.05, 0.1) is 12.2 Å². The Hall–Kier alpha value is -2.84. The standard InChI is InChI=1S/C28H37ClN6O2/c1-4-21-23(29)9-6-10-25(21)35-13-11-22-24(18-35)30-28(37-19-20-8-7-12-32(20)3)31-27(22)34-16-14-33(15-17-34)26(36)5-2/h5-6,9-10,20H,2,4,7-8,11-19H2,1,3H3/t20-/m0/s1. The number of fused-ring (bicyclic) bond motifs is 1. The molecule has 0 radical (unpaired) electrons. The van der Waals surface area contributed by atoms with E-state index in [1.165, 1.54) is 29.3 Å². The van der Waals surface area contributed by atoms with Crippen molar-refractivity contribution in [2.24, 2.45) is 0 Å². The van der Waals surface area contributed by atoms with Gasteiger partial charge in [-0.25, -0.2) is 0 Å². The van der Waals surface area contributed by atoms with E-state index in [4.69, 9.17) is 26.3 Å². The molecule has 0 aliphatic carbocycles. The normalized spacial score (nSPS) is 20.2. The molecule has 0 unspecified atom stereocenters. The number of ether oxygens (including phenoxy) is 1. The number of amides is 1. The first-order valence-electron chi connectivity index (χ1n) is 13.4. The van der Waals surface area contributed by atoms with Crippen LogP contribution in [0.3, 0.4) is 0 Å². The van der Waals surface area contributed by atoms with Gasteiger partial charge in [0.2, 0.25) is 5.91 Å². The summed E-state index contributed by atoms with van der Waals surface area (Å²) < 4.78 is 6.23. The molecule has 198 valence electrons. The first-order chi connectivity index (χ1) is 18.0. The van der Waals surface area contributed by atoms with Gasteiger partial charge in [-0.1, -0.05) is 31.2 Å². The second-order valence-corrected chi connectivity index (χ2v) is 10.5. The highest BCUT2D eigenvalue weighted by Crippen LogP contribution is 2.34. The first kappa shape index (κ1) is 25.8. The number of hydrogen-bond acceptors (Lipinski definition) is 7. The van der Waals surface area contributed by atoms with E-state index in [9.17, 15) is 4.79 Å². The van der Waals surface area contributed by atoms with Crippen molar-refractivity contribution >= 4 is 29.0 Å². The van der Waals surface area contributed by atoms with E-state index in [2.05, 4.69) is 41.3 Å². The molecule has 8 nitrogen and oxygen atoms in total. The van der Waals surface area contributed by atoms with Gasteiger partial charge in [0.25, 0.3) is 0 Å². The van der Waals surface area contributed by atoms with Gasteiger partial charge in [-0.05, 0) is 63.0 Å². The van der Waals surface area contributed by atoms with Crippen LogP contribution in [0.15, 0.2) is 30.9 Å². The molecule has 2 fully saturated rings. The predicted molar refractivity (Wildman–Crippen MR) is 148 cm³/mol. The van der Waals surface area contributed by atoms with E-state index in [0.717, 1.165) is 62.0 Å². The molecule has 0 spiro atoms. The second kappa shape index (κ2) is 11.3. The van der Waals surface area contributed by atoms with Crippen LogP contribution in [0, 0.1) is 0 Å². The zero-order valence-electron chi connectivity index (χ0n) is 22.0. The topological polar surface area (TPSA) is 65.0 Å². The van der Waals surface area contributed by atoms with Gasteiger partial charge < -0.3 is 24.3 Å². The smallest absolute Gasteiger partial charge is 0.318 e. The average molecular weight is 525 g/mol. The van der Waals surface area contributed by atoms with E-state index < -0.39 is 0 Å². The number of nitrogens with zero attached hydrogens (tertiary/aromatic N) is 6. The van der Waals surface area contributed by atoms with Gasteiger partial charge in [0, 0.05) is 55.0 Å². The lowest BCUT2D eigenvalue weighted by Crippen LogP contribution is -2.49. The van der Waals surface area contributed by atoms with Gasteiger partial charge in [0.15, 0.2) is 0 Å². The summed E-state index contributed by atoms with van der Waals surface area (Å²) in [4.78, 5) is 30.8. The van der Waals surface area contributed by atoms with Gasteiger partial charge in [0.1, 0.15) is 12.4 Å². The summed E-state index contributed by atoms with van der Waals surface area (Å²) in [6.07, 6.45) is 5.45. The van der Waals surface area contributed by atoms with Gasteiger partial charge >= 0.3 is 6.01 Å². The largest absolute Gasteiger partial charge is 0.462 e. The number of aromatic nitrogens is 2. The number of anilines is 2. The molecule has 9 heteroatoms. The number of carbonyl (C=O) groups excluding carboxylic acids is 1. The van der Waals surface area contributed by atoms with Crippen LogP contribution in [-0.4, -0.2) is 84.6 Å². The van der Waals surface area contributed by atoms with Gasteiger partial charge in [-0.3, -0.25) is 4.79 Å². The number of piperazine rings is 1. The number of hydrogen-bond donors (Lipinski definition) is 0. The molecule has 2 saturated heterocycles. The van der Waals surface area contributed by atoms with Crippen molar-refractivity contribution in [1.29, 1.82) is 0 Å². The van der Waals surface area contributed by atoms with Crippen molar-refractivity contribution in [3.63, 3.8) is 0 Å². The van der Waals surface area contributed by atoms with Gasteiger partial charge in [-0.2, -0.15) is 9.97 Å². The van der Waals surface area contributed by atoms with Crippen molar-refractivity contribution in [2.75, 3.05) is 62.7 Å². The van der Waals surface area contributed by atoms with Crippen LogP contribution in [-0.2, 0) is 24.2 Å². The lowest BCUT2D eigenvalue weighted by atomic mass is 10.0. The molecule has 4 heterocycles. The Labute approximate surface area is 224 Å². The van der Waals surface area contributed by atoms with Crippen molar-refractivity contribution < 1.29 is 9.53 Å². The van der Waals surface area contributed by atoms with E-state index in [-0.39, 0.29) is 5.91 Å². The average Bonchev–Trinajstić information content (AvgIpc) is 3.35. The number of carbonyl (C=O) groups is 1. The number of rotatable bonds is 7. The summed E-state index contributed by atoms with van der Waals surface area (Å²) in [5.41, 5.74) is 4.54. The Balaban J connectivity index is 1.42. The molecule has 0 N–H and O–H groups in total. The van der Waals surface area contributed by atoms with Crippen LogP contribution in [0.25, 0.3) is 0 Å². The van der Waals surface area contributed by atoms with Crippen molar-refractivity contribution in [2.45, 2.75) is 45.2 Å². The molecule has 3 aliphatic heterocycles. The number of benzene rings is 1. The molecule has 2 aromatic rings. The number of likely N-dealkylation sites (tertiary alicyclic amines) is 1. The summed E-state index contributed by atoms with van der Waals surface area (Å²) in [6.45, 7) is 11.8. The van der Waals surface area contributed by atoms with Crippen LogP contribution in [0.4, 0.5) is 11.5 Å². The fourth-order valence-corrected chi connectivity index (χ4v) is 6.05. The highest BCUT2D eigenvalue weighted by molar-refractivity contribution is 6.31. The fraction of sp³-hybridized carbons (Fsp3) is 0.536. The molecule has 0 saturated carbocycles. The summed E-state index contributed by atoms with van der Waals surface area (Å²) >= 11 is 6.54. The highest BCUT2D eigenvalue weighted by atomic mass is 35.5. The third-order valence-corrected chi connectivity index (χ3v) is 8.31. The molecule has 0 bridgehead atoms. The van der Waals surface area contributed by atoms with Crippen LogP contribution in [0.5, 0.6) is 6.01 Å².